The number of hydrogen-bond acceptors (Lipinski definition) is 7. The second-order valence-corrected chi connectivity index (χ2v) is 13.3. The van der Waals surface area contributed by atoms with Crippen LogP contribution < -0.4 is 5.32 Å². The molecule has 0 spiro atoms. The van der Waals surface area contributed by atoms with E-state index in [4.69, 9.17) is 9.47 Å². The molecule has 1 fully saturated rings. The Bertz CT molecular complexity index is 1100. The topological polar surface area (TPSA) is 101 Å². The summed E-state index contributed by atoms with van der Waals surface area (Å²) in [4.78, 5) is 43.6. The fraction of sp³-hybridized carbons (Fsp3) is 0.667. The number of ether oxygens (including phenoxy) is 2. The molecule has 1 aromatic heterocycles. The molecule has 6 atom stereocenters. The van der Waals surface area contributed by atoms with Crippen molar-refractivity contribution in [3.8, 4) is 0 Å². The standard InChI is InChI=1S/C21H40N2O4.C12H12N2OS.C3H8/c1-9-15(4)20(22(6)16(5)24)18(26-7)13-19(25)23-12-10-11-17(23)21(27-8)14(2)3;15-9-14-11(12-13-6-7-16-12)8-10-4-2-1-3-5-10;1-3-2/h14-15,17-18,20-21H,9-13H2,1-8H3;1-7,9,11H,8H2,(H,14,15);3H2,1-2H3. The minimum absolute atomic E-state index is 0.00639. The van der Waals surface area contributed by atoms with Gasteiger partial charge in [0.05, 0.1) is 36.8 Å². The number of likely N-dealkylation sites (N-methyl/N-ethyl adjacent to an activating group) is 1. The maximum Gasteiger partial charge on any atom is 0.225 e. The van der Waals surface area contributed by atoms with E-state index in [-0.39, 0.29) is 54.5 Å². The zero-order chi connectivity index (χ0) is 34.6. The number of nitrogens with zero attached hydrogens (tertiary/aromatic N) is 3. The number of carbonyl (C=O) groups excluding carboxylic acids is 3. The molecule has 0 bridgehead atoms. The summed E-state index contributed by atoms with van der Waals surface area (Å²) in [5.74, 6) is 0.683. The number of nitrogens with one attached hydrogen (secondary N) is 1. The van der Waals surface area contributed by atoms with E-state index >= 15 is 0 Å². The van der Waals surface area contributed by atoms with Gasteiger partial charge in [-0.15, -0.1) is 11.3 Å². The Morgan fingerprint density at radius 1 is 1.13 bits per heavy atom. The highest BCUT2D eigenvalue weighted by Gasteiger charge is 2.39. The van der Waals surface area contributed by atoms with Gasteiger partial charge in [0, 0.05) is 46.3 Å². The molecule has 2 heterocycles. The molecular weight excluding hydrogens is 600 g/mol. The Morgan fingerprint density at radius 2 is 1.78 bits per heavy atom. The summed E-state index contributed by atoms with van der Waals surface area (Å²) in [6, 6.07) is 10.0. The maximum atomic E-state index is 13.2. The Labute approximate surface area is 282 Å². The number of likely N-dealkylation sites (tertiary alicyclic amines) is 1. The average Bonchev–Trinajstić information content (AvgIpc) is 3.75. The molecule has 1 aromatic carbocycles. The highest BCUT2D eigenvalue weighted by atomic mass is 32.1. The monoisotopic (exact) mass is 660 g/mol. The molecule has 3 amide bonds. The van der Waals surface area contributed by atoms with Gasteiger partial charge in [0.1, 0.15) is 5.01 Å². The van der Waals surface area contributed by atoms with Crippen LogP contribution in [0.15, 0.2) is 41.9 Å². The second kappa shape index (κ2) is 22.7. The van der Waals surface area contributed by atoms with Crippen LogP contribution in [0.3, 0.4) is 0 Å². The third-order valence-corrected chi connectivity index (χ3v) is 9.35. The fourth-order valence-corrected chi connectivity index (χ4v) is 6.65. The number of carbonyl (C=O) groups is 3. The number of rotatable bonds is 15. The van der Waals surface area contributed by atoms with E-state index in [9.17, 15) is 14.4 Å². The molecule has 10 heteroatoms. The zero-order valence-electron chi connectivity index (χ0n) is 29.9. The Balaban J connectivity index is 0.000000468. The van der Waals surface area contributed by atoms with Gasteiger partial charge in [-0.25, -0.2) is 4.98 Å². The maximum absolute atomic E-state index is 13.2. The van der Waals surface area contributed by atoms with Crippen molar-refractivity contribution in [3.05, 3.63) is 52.5 Å². The van der Waals surface area contributed by atoms with Crippen LogP contribution in [-0.4, -0.2) is 85.1 Å². The van der Waals surface area contributed by atoms with E-state index in [1.807, 2.05) is 40.6 Å². The van der Waals surface area contributed by atoms with Crippen LogP contribution in [0.1, 0.15) is 97.2 Å². The number of methoxy groups -OCH3 is 2. The van der Waals surface area contributed by atoms with E-state index in [0.717, 1.165) is 43.6 Å². The van der Waals surface area contributed by atoms with Gasteiger partial charge in [0.25, 0.3) is 0 Å². The fourth-order valence-electron chi connectivity index (χ4n) is 5.96. The van der Waals surface area contributed by atoms with Crippen molar-refractivity contribution in [2.45, 2.75) is 117 Å². The van der Waals surface area contributed by atoms with Crippen LogP contribution in [0, 0.1) is 11.8 Å². The minimum Gasteiger partial charge on any atom is -0.379 e. The molecular formula is C36H60N4O5S. The van der Waals surface area contributed by atoms with Gasteiger partial charge < -0.3 is 24.6 Å². The molecule has 46 heavy (non-hydrogen) atoms. The molecule has 1 aliphatic heterocycles. The molecule has 3 rings (SSSR count). The molecule has 9 nitrogen and oxygen atoms in total. The van der Waals surface area contributed by atoms with Crippen molar-refractivity contribution in [2.75, 3.05) is 27.8 Å². The van der Waals surface area contributed by atoms with Crippen molar-refractivity contribution in [2.24, 2.45) is 11.8 Å². The van der Waals surface area contributed by atoms with Crippen molar-refractivity contribution in [1.29, 1.82) is 0 Å². The van der Waals surface area contributed by atoms with Crippen molar-refractivity contribution >= 4 is 29.6 Å². The van der Waals surface area contributed by atoms with Crippen LogP contribution in [-0.2, 0) is 30.3 Å². The predicted molar refractivity (Wildman–Crippen MR) is 188 cm³/mol. The van der Waals surface area contributed by atoms with Gasteiger partial charge in [-0.2, -0.15) is 0 Å². The van der Waals surface area contributed by atoms with Crippen LogP contribution in [0.5, 0.6) is 0 Å². The summed E-state index contributed by atoms with van der Waals surface area (Å²) in [6.45, 7) is 15.1. The number of aromatic nitrogens is 1. The van der Waals surface area contributed by atoms with Crippen molar-refractivity contribution in [3.63, 3.8) is 0 Å². The first-order valence-electron chi connectivity index (χ1n) is 16.7. The lowest BCUT2D eigenvalue weighted by Crippen LogP contribution is -2.51. The van der Waals surface area contributed by atoms with Crippen molar-refractivity contribution in [1.82, 2.24) is 20.1 Å². The van der Waals surface area contributed by atoms with Gasteiger partial charge in [-0.1, -0.05) is 84.7 Å². The van der Waals surface area contributed by atoms with E-state index in [2.05, 4.69) is 51.8 Å². The molecule has 2 aromatic rings. The summed E-state index contributed by atoms with van der Waals surface area (Å²) in [5, 5.41) is 5.66. The molecule has 0 radical (unpaired) electrons. The van der Waals surface area contributed by atoms with Gasteiger partial charge in [-0.3, -0.25) is 14.4 Å². The normalized spacial score (nSPS) is 17.4. The molecule has 1 saturated heterocycles. The van der Waals surface area contributed by atoms with Gasteiger partial charge in [-0.05, 0) is 36.7 Å². The first-order chi connectivity index (χ1) is 22.0. The zero-order valence-corrected chi connectivity index (χ0v) is 30.7. The Kier molecular flexibility index (Phi) is 20.3. The Morgan fingerprint density at radius 3 is 2.26 bits per heavy atom. The summed E-state index contributed by atoms with van der Waals surface area (Å²) in [7, 11) is 5.16. The summed E-state index contributed by atoms with van der Waals surface area (Å²) >= 11 is 1.56. The summed E-state index contributed by atoms with van der Waals surface area (Å²) < 4.78 is 11.4. The van der Waals surface area contributed by atoms with Gasteiger partial charge in [0.15, 0.2) is 0 Å². The second-order valence-electron chi connectivity index (χ2n) is 12.3. The first kappa shape index (κ1) is 41.2. The molecule has 0 saturated carbocycles. The quantitative estimate of drug-likeness (QED) is 0.218. The molecule has 6 unspecified atom stereocenters. The van der Waals surface area contributed by atoms with Gasteiger partial charge >= 0.3 is 0 Å². The third kappa shape index (κ3) is 13.1. The first-order valence-corrected chi connectivity index (χ1v) is 17.6. The highest BCUT2D eigenvalue weighted by molar-refractivity contribution is 7.09. The van der Waals surface area contributed by atoms with Crippen molar-refractivity contribution < 1.29 is 23.9 Å². The lowest BCUT2D eigenvalue weighted by Gasteiger charge is -2.38. The molecule has 0 aliphatic carbocycles. The van der Waals surface area contributed by atoms with Crippen LogP contribution >= 0.6 is 11.3 Å². The summed E-state index contributed by atoms with van der Waals surface area (Å²) in [6.07, 6.45) is 7.42. The van der Waals surface area contributed by atoms with E-state index in [1.165, 1.54) is 12.0 Å². The SMILES string of the molecule is CCC.CCC(C)C(C(CC(=O)N1CCCC1C(OC)C(C)C)OC)N(C)C(C)=O.O=CNC(Cc1ccccc1)c1nccs1. The lowest BCUT2D eigenvalue weighted by molar-refractivity contribution is -0.143. The highest BCUT2D eigenvalue weighted by Crippen LogP contribution is 2.29. The van der Waals surface area contributed by atoms with E-state index in [1.54, 1.807) is 50.6 Å². The van der Waals surface area contributed by atoms with Crippen LogP contribution in [0.4, 0.5) is 0 Å². The number of amides is 3. The van der Waals surface area contributed by atoms with Crippen LogP contribution in [0.25, 0.3) is 0 Å². The largest absolute Gasteiger partial charge is 0.379 e. The number of benzene rings is 1. The Hall–Kier alpha value is -2.82. The predicted octanol–water partition coefficient (Wildman–Crippen LogP) is 6.54. The van der Waals surface area contributed by atoms with E-state index in [0.29, 0.717) is 5.92 Å². The lowest BCUT2D eigenvalue weighted by atomic mass is 9.90. The third-order valence-electron chi connectivity index (χ3n) is 8.46. The molecule has 260 valence electrons. The molecule has 1 aliphatic rings. The van der Waals surface area contributed by atoms with Crippen LogP contribution in [0.2, 0.25) is 0 Å². The minimum atomic E-state index is -0.317. The average molecular weight is 661 g/mol. The molecule has 1 N–H and O–H groups in total. The van der Waals surface area contributed by atoms with E-state index < -0.39 is 0 Å². The van der Waals surface area contributed by atoms with Gasteiger partial charge in [0.2, 0.25) is 18.2 Å². The number of thiazole rings is 1. The number of hydrogen-bond donors (Lipinski definition) is 1. The summed E-state index contributed by atoms with van der Waals surface area (Å²) in [5.41, 5.74) is 1.19. The smallest absolute Gasteiger partial charge is 0.225 e.